The lowest BCUT2D eigenvalue weighted by Crippen LogP contribution is -2.37. The maximum absolute atomic E-state index is 10.6. The van der Waals surface area contributed by atoms with Crippen LogP contribution in [0.3, 0.4) is 0 Å². The second-order valence-corrected chi connectivity index (χ2v) is 4.56. The number of aliphatic hydroxyl groups is 1. The van der Waals surface area contributed by atoms with Crippen molar-refractivity contribution >= 4 is 40.7 Å². The van der Waals surface area contributed by atoms with Crippen LogP contribution in [0.2, 0.25) is 15.1 Å². The Morgan fingerprint density at radius 3 is 2.53 bits per heavy atom. The minimum Gasteiger partial charge on any atom is -0.382 e. The topological polar surface area (TPSA) is 75.4 Å². The first-order valence-electron chi connectivity index (χ1n) is 4.74. The molecular formula is C10H11Cl3N2O2. The number of carbonyl (C=O) groups excluding carboxylic acids is 1. The number of hydrogen-bond donors (Lipinski definition) is 3. The number of benzene rings is 1. The summed E-state index contributed by atoms with van der Waals surface area (Å²) in [6.07, 6.45) is -1.24. The molecule has 4 N–H and O–H groups in total. The predicted octanol–water partition coefficient (Wildman–Crippen LogP) is 1.58. The van der Waals surface area contributed by atoms with Gasteiger partial charge in [-0.2, -0.15) is 0 Å². The Kier molecular flexibility index (Phi) is 5.49. The Morgan fingerprint density at radius 2 is 1.94 bits per heavy atom. The average Bonchev–Trinajstić information content (AvgIpc) is 2.28. The summed E-state index contributed by atoms with van der Waals surface area (Å²) in [6.45, 7) is 0.303. The fourth-order valence-corrected chi connectivity index (χ4v) is 1.85. The van der Waals surface area contributed by atoms with E-state index >= 15 is 0 Å². The number of nitrogens with one attached hydrogen (secondary N) is 1. The van der Waals surface area contributed by atoms with Gasteiger partial charge in [0.2, 0.25) is 5.91 Å². The summed E-state index contributed by atoms with van der Waals surface area (Å²) in [7, 11) is 0. The molecule has 1 unspecified atom stereocenters. The summed E-state index contributed by atoms with van der Waals surface area (Å²) in [6, 6.07) is 3.21. The standard InChI is InChI=1S/C10H11Cl3N2O2/c11-6-1-2-7(12)9(13)5(6)3-15-4-8(16)10(14)17/h1-2,8,15-16H,3-4H2,(H2,14,17). The number of carbonyl (C=O) groups is 1. The molecular weight excluding hydrogens is 286 g/mol. The number of amides is 1. The normalized spacial score (nSPS) is 12.5. The van der Waals surface area contributed by atoms with Crippen LogP contribution in [-0.4, -0.2) is 23.7 Å². The van der Waals surface area contributed by atoms with Crippen LogP contribution in [0.15, 0.2) is 12.1 Å². The molecule has 1 rings (SSSR count). The summed E-state index contributed by atoms with van der Waals surface area (Å²) in [5.74, 6) is -0.791. The first kappa shape index (κ1) is 14.5. The van der Waals surface area contributed by atoms with Gasteiger partial charge < -0.3 is 16.2 Å². The van der Waals surface area contributed by atoms with Gasteiger partial charge in [0.15, 0.2) is 0 Å². The van der Waals surface area contributed by atoms with E-state index in [-0.39, 0.29) is 13.1 Å². The highest BCUT2D eigenvalue weighted by Gasteiger charge is 2.12. The summed E-state index contributed by atoms with van der Waals surface area (Å²) in [5.41, 5.74) is 5.51. The van der Waals surface area contributed by atoms with Gasteiger partial charge in [-0.15, -0.1) is 0 Å². The van der Waals surface area contributed by atoms with Crippen LogP contribution in [-0.2, 0) is 11.3 Å². The minimum absolute atomic E-state index is 0.0223. The number of rotatable bonds is 5. The third kappa shape index (κ3) is 4.01. The average molecular weight is 298 g/mol. The molecule has 17 heavy (non-hydrogen) atoms. The summed E-state index contributed by atoms with van der Waals surface area (Å²) in [4.78, 5) is 10.6. The number of primary amides is 1. The van der Waals surface area contributed by atoms with Gasteiger partial charge in [-0.3, -0.25) is 4.79 Å². The zero-order valence-corrected chi connectivity index (χ0v) is 11.0. The Morgan fingerprint density at radius 1 is 1.35 bits per heavy atom. The van der Waals surface area contributed by atoms with E-state index in [1.165, 1.54) is 0 Å². The molecule has 0 aliphatic heterocycles. The van der Waals surface area contributed by atoms with Crippen molar-refractivity contribution in [2.45, 2.75) is 12.6 Å². The largest absolute Gasteiger partial charge is 0.382 e. The lowest BCUT2D eigenvalue weighted by Gasteiger charge is -2.11. The van der Waals surface area contributed by atoms with Crippen molar-refractivity contribution < 1.29 is 9.90 Å². The first-order chi connectivity index (χ1) is 7.93. The Balaban J connectivity index is 2.64. The van der Waals surface area contributed by atoms with Gasteiger partial charge >= 0.3 is 0 Å². The van der Waals surface area contributed by atoms with Crippen molar-refractivity contribution in [3.05, 3.63) is 32.8 Å². The molecule has 1 amide bonds. The zero-order chi connectivity index (χ0) is 13.0. The molecule has 0 aromatic heterocycles. The highest BCUT2D eigenvalue weighted by Crippen LogP contribution is 2.31. The maximum Gasteiger partial charge on any atom is 0.247 e. The van der Waals surface area contributed by atoms with Crippen LogP contribution in [0.1, 0.15) is 5.56 Å². The van der Waals surface area contributed by atoms with E-state index in [4.69, 9.17) is 45.6 Å². The molecule has 0 saturated carbocycles. The van der Waals surface area contributed by atoms with Crippen molar-refractivity contribution in [2.24, 2.45) is 5.73 Å². The molecule has 0 spiro atoms. The minimum atomic E-state index is -1.24. The summed E-state index contributed by atoms with van der Waals surface area (Å²) in [5, 5.41) is 13.2. The molecule has 4 nitrogen and oxygen atoms in total. The van der Waals surface area contributed by atoms with Gasteiger partial charge in [-0.1, -0.05) is 34.8 Å². The Bertz CT molecular complexity index is 426. The van der Waals surface area contributed by atoms with Crippen LogP contribution < -0.4 is 11.1 Å². The molecule has 0 radical (unpaired) electrons. The highest BCUT2D eigenvalue weighted by atomic mass is 35.5. The zero-order valence-electron chi connectivity index (χ0n) is 8.71. The van der Waals surface area contributed by atoms with Gasteiger partial charge in [0.1, 0.15) is 6.10 Å². The molecule has 0 aliphatic rings. The molecule has 1 atom stereocenters. The Hall–Kier alpha value is -0.520. The molecule has 1 aromatic rings. The number of nitrogens with two attached hydrogens (primary N) is 1. The van der Waals surface area contributed by atoms with Crippen molar-refractivity contribution in [2.75, 3.05) is 6.54 Å². The third-order valence-electron chi connectivity index (χ3n) is 2.11. The van der Waals surface area contributed by atoms with Gasteiger partial charge in [0, 0.05) is 23.7 Å². The SMILES string of the molecule is NC(=O)C(O)CNCc1c(Cl)ccc(Cl)c1Cl. The van der Waals surface area contributed by atoms with E-state index in [9.17, 15) is 4.79 Å². The Labute approximate surface area is 114 Å². The predicted molar refractivity (Wildman–Crippen MR) is 68.4 cm³/mol. The van der Waals surface area contributed by atoms with Crippen LogP contribution in [0.5, 0.6) is 0 Å². The maximum atomic E-state index is 10.6. The molecule has 0 aliphatic carbocycles. The van der Waals surface area contributed by atoms with E-state index in [2.05, 4.69) is 5.32 Å². The monoisotopic (exact) mass is 296 g/mol. The second-order valence-electron chi connectivity index (χ2n) is 3.37. The van der Waals surface area contributed by atoms with Crippen LogP contribution >= 0.6 is 34.8 Å². The van der Waals surface area contributed by atoms with E-state index < -0.39 is 12.0 Å². The van der Waals surface area contributed by atoms with E-state index in [1.807, 2.05) is 0 Å². The molecule has 0 fully saturated rings. The lowest BCUT2D eigenvalue weighted by molar-refractivity contribution is -0.125. The fraction of sp³-hybridized carbons (Fsp3) is 0.300. The van der Waals surface area contributed by atoms with Crippen molar-refractivity contribution in [3.63, 3.8) is 0 Å². The third-order valence-corrected chi connectivity index (χ3v) is 3.30. The number of aliphatic hydroxyl groups excluding tert-OH is 1. The smallest absolute Gasteiger partial charge is 0.247 e. The van der Waals surface area contributed by atoms with Crippen molar-refractivity contribution in [1.29, 1.82) is 0 Å². The highest BCUT2D eigenvalue weighted by molar-refractivity contribution is 6.44. The van der Waals surface area contributed by atoms with Crippen LogP contribution in [0.25, 0.3) is 0 Å². The molecule has 0 saturated heterocycles. The molecule has 1 aromatic carbocycles. The molecule has 0 heterocycles. The van der Waals surface area contributed by atoms with Crippen LogP contribution in [0.4, 0.5) is 0 Å². The van der Waals surface area contributed by atoms with Crippen LogP contribution in [0, 0.1) is 0 Å². The van der Waals surface area contributed by atoms with E-state index in [0.717, 1.165) is 0 Å². The molecule has 94 valence electrons. The van der Waals surface area contributed by atoms with Crippen molar-refractivity contribution in [1.82, 2.24) is 5.32 Å². The second kappa shape index (κ2) is 6.42. The fourth-order valence-electron chi connectivity index (χ4n) is 1.17. The lowest BCUT2D eigenvalue weighted by atomic mass is 10.2. The van der Waals surface area contributed by atoms with Gasteiger partial charge in [-0.25, -0.2) is 0 Å². The first-order valence-corrected chi connectivity index (χ1v) is 5.87. The molecule has 0 bridgehead atoms. The molecule has 7 heteroatoms. The number of hydrogen-bond acceptors (Lipinski definition) is 3. The van der Waals surface area contributed by atoms with E-state index in [1.54, 1.807) is 12.1 Å². The summed E-state index contributed by atoms with van der Waals surface area (Å²) < 4.78 is 0. The number of halogens is 3. The van der Waals surface area contributed by atoms with Gasteiger partial charge in [-0.05, 0) is 12.1 Å². The quantitative estimate of drug-likeness (QED) is 0.722. The van der Waals surface area contributed by atoms with Gasteiger partial charge in [0.25, 0.3) is 0 Å². The summed E-state index contributed by atoms with van der Waals surface area (Å²) >= 11 is 17.7. The van der Waals surface area contributed by atoms with Crippen molar-refractivity contribution in [3.8, 4) is 0 Å². The van der Waals surface area contributed by atoms with Gasteiger partial charge in [0.05, 0.1) is 10.0 Å². The van der Waals surface area contributed by atoms with E-state index in [0.29, 0.717) is 20.6 Å².